The van der Waals surface area contributed by atoms with Crippen molar-refractivity contribution in [3.63, 3.8) is 0 Å². The first-order chi connectivity index (χ1) is 10.7. The lowest BCUT2D eigenvalue weighted by molar-refractivity contribution is 0.0342. The van der Waals surface area contributed by atoms with Crippen LogP contribution in [0.25, 0.3) is 0 Å². The fourth-order valence-electron chi connectivity index (χ4n) is 4.44. The summed E-state index contributed by atoms with van der Waals surface area (Å²) in [6.07, 6.45) is 6.45. The lowest BCUT2D eigenvalue weighted by Crippen LogP contribution is -2.62. The van der Waals surface area contributed by atoms with E-state index in [1.165, 1.54) is 19.3 Å². The van der Waals surface area contributed by atoms with E-state index in [1.54, 1.807) is 11.7 Å². The molecule has 1 aromatic rings. The van der Waals surface area contributed by atoms with Crippen molar-refractivity contribution in [2.24, 2.45) is 5.41 Å². The first-order valence-corrected chi connectivity index (χ1v) is 8.09. The number of nitrogens with zero attached hydrogens (tertiary/aromatic N) is 2. The molecule has 3 aliphatic rings. The molecule has 6 nitrogen and oxygen atoms in total. The maximum Gasteiger partial charge on any atom is 0.276 e. The highest BCUT2D eigenvalue weighted by Crippen LogP contribution is 2.45. The topological polar surface area (TPSA) is 77.5 Å². The largest absolute Gasteiger partial charge is 0.315 e. The summed E-state index contributed by atoms with van der Waals surface area (Å²) in [5.74, 6) is -0.493. The molecule has 3 heterocycles. The second kappa shape index (κ2) is 5.30. The zero-order valence-corrected chi connectivity index (χ0v) is 12.6. The first kappa shape index (κ1) is 14.1. The Morgan fingerprint density at radius 3 is 3.09 bits per heavy atom. The predicted molar refractivity (Wildman–Crippen MR) is 80.5 cm³/mol. The van der Waals surface area contributed by atoms with E-state index in [0.29, 0.717) is 17.0 Å². The Hall–Kier alpha value is -1.50. The van der Waals surface area contributed by atoms with E-state index in [2.05, 4.69) is 15.2 Å². The number of pyridine rings is 1. The molecule has 2 aliphatic heterocycles. The van der Waals surface area contributed by atoms with E-state index in [1.807, 2.05) is 6.07 Å². The van der Waals surface area contributed by atoms with Crippen LogP contribution in [0.1, 0.15) is 40.9 Å². The Morgan fingerprint density at radius 2 is 2.36 bits per heavy atom. The molecule has 6 heteroatoms. The number of amides is 1. The van der Waals surface area contributed by atoms with Gasteiger partial charge >= 0.3 is 0 Å². The van der Waals surface area contributed by atoms with E-state index in [9.17, 15) is 4.79 Å². The fourth-order valence-corrected chi connectivity index (χ4v) is 4.44. The number of aromatic nitrogens is 1. The molecular weight excluding hydrogens is 280 g/mol. The van der Waals surface area contributed by atoms with Crippen molar-refractivity contribution in [1.82, 2.24) is 20.7 Å². The summed E-state index contributed by atoms with van der Waals surface area (Å²) in [5, 5.41) is 12.2. The number of hydrogen-bond acceptors (Lipinski definition) is 5. The first-order valence-electron chi connectivity index (χ1n) is 8.09. The molecule has 1 amide bonds. The Morgan fingerprint density at radius 1 is 1.50 bits per heavy atom. The van der Waals surface area contributed by atoms with Crippen LogP contribution in [0.3, 0.4) is 0 Å². The van der Waals surface area contributed by atoms with Gasteiger partial charge in [0.25, 0.3) is 5.91 Å². The molecule has 3 N–H and O–H groups in total. The SMILES string of the molecule is O=C(NO)c1cnc2c(c1)CCN([C@H]1CCCC13CNC3)C2. The molecule has 0 unspecified atom stereocenters. The number of carbonyl (C=O) groups is 1. The van der Waals surface area contributed by atoms with E-state index in [0.717, 1.165) is 43.9 Å². The van der Waals surface area contributed by atoms with Gasteiger partial charge in [0.05, 0.1) is 11.3 Å². The average molecular weight is 302 g/mol. The highest BCUT2D eigenvalue weighted by molar-refractivity contribution is 5.93. The molecule has 1 saturated carbocycles. The molecular formula is C16H22N4O2. The van der Waals surface area contributed by atoms with Crippen molar-refractivity contribution < 1.29 is 10.0 Å². The number of hydrogen-bond donors (Lipinski definition) is 3. The van der Waals surface area contributed by atoms with Crippen LogP contribution in [-0.4, -0.2) is 46.7 Å². The molecule has 0 bridgehead atoms. The Bertz CT molecular complexity index is 600. The molecule has 4 rings (SSSR count). The van der Waals surface area contributed by atoms with Gasteiger partial charge in [0.1, 0.15) is 0 Å². The van der Waals surface area contributed by atoms with Crippen LogP contribution in [0.5, 0.6) is 0 Å². The number of nitrogens with one attached hydrogen (secondary N) is 2. The van der Waals surface area contributed by atoms with Crippen molar-refractivity contribution >= 4 is 5.91 Å². The molecule has 0 radical (unpaired) electrons. The number of rotatable bonds is 2. The smallest absolute Gasteiger partial charge is 0.276 e. The van der Waals surface area contributed by atoms with Crippen LogP contribution in [0.4, 0.5) is 0 Å². The zero-order chi connectivity index (χ0) is 15.2. The van der Waals surface area contributed by atoms with E-state index >= 15 is 0 Å². The molecule has 1 saturated heterocycles. The lowest BCUT2D eigenvalue weighted by Gasteiger charge is -2.49. The lowest BCUT2D eigenvalue weighted by atomic mass is 9.75. The van der Waals surface area contributed by atoms with Crippen molar-refractivity contribution in [3.05, 3.63) is 29.1 Å². The summed E-state index contributed by atoms with van der Waals surface area (Å²) >= 11 is 0. The number of hydroxylamine groups is 1. The summed E-state index contributed by atoms with van der Waals surface area (Å²) in [7, 11) is 0. The molecule has 22 heavy (non-hydrogen) atoms. The van der Waals surface area contributed by atoms with E-state index < -0.39 is 5.91 Å². The van der Waals surface area contributed by atoms with Gasteiger partial charge in [-0.05, 0) is 30.9 Å². The summed E-state index contributed by atoms with van der Waals surface area (Å²) < 4.78 is 0. The monoisotopic (exact) mass is 302 g/mol. The highest BCUT2D eigenvalue weighted by Gasteiger charge is 2.49. The average Bonchev–Trinajstić information content (AvgIpc) is 2.98. The van der Waals surface area contributed by atoms with Crippen molar-refractivity contribution in [2.75, 3.05) is 19.6 Å². The van der Waals surface area contributed by atoms with Crippen LogP contribution in [0.15, 0.2) is 12.3 Å². The Labute approximate surface area is 129 Å². The maximum atomic E-state index is 11.5. The number of carbonyl (C=O) groups excluding carboxylic acids is 1. The minimum absolute atomic E-state index is 0.426. The molecule has 1 aliphatic carbocycles. The van der Waals surface area contributed by atoms with Crippen LogP contribution >= 0.6 is 0 Å². The highest BCUT2D eigenvalue weighted by atomic mass is 16.5. The van der Waals surface area contributed by atoms with Gasteiger partial charge in [-0.15, -0.1) is 0 Å². The third-order valence-corrected chi connectivity index (χ3v) is 5.70. The maximum absolute atomic E-state index is 11.5. The van der Waals surface area contributed by atoms with Gasteiger partial charge in [-0.2, -0.15) is 0 Å². The van der Waals surface area contributed by atoms with Crippen LogP contribution in [-0.2, 0) is 13.0 Å². The molecule has 118 valence electrons. The summed E-state index contributed by atoms with van der Waals surface area (Å²) in [6, 6.07) is 2.53. The third kappa shape index (κ3) is 2.14. The van der Waals surface area contributed by atoms with Gasteiger partial charge < -0.3 is 5.32 Å². The zero-order valence-electron chi connectivity index (χ0n) is 12.6. The van der Waals surface area contributed by atoms with Gasteiger partial charge in [-0.1, -0.05) is 6.42 Å². The second-order valence-electron chi connectivity index (χ2n) is 6.87. The van der Waals surface area contributed by atoms with Gasteiger partial charge in [-0.3, -0.25) is 19.9 Å². The normalized spacial score (nSPS) is 26.5. The molecule has 1 spiro atoms. The van der Waals surface area contributed by atoms with Crippen LogP contribution < -0.4 is 10.8 Å². The second-order valence-corrected chi connectivity index (χ2v) is 6.87. The number of fused-ring (bicyclic) bond motifs is 1. The van der Waals surface area contributed by atoms with Gasteiger partial charge in [0, 0.05) is 43.8 Å². The van der Waals surface area contributed by atoms with E-state index in [4.69, 9.17) is 5.21 Å². The van der Waals surface area contributed by atoms with Crippen molar-refractivity contribution in [2.45, 2.75) is 38.3 Å². The quantitative estimate of drug-likeness (QED) is 0.554. The standard InChI is InChI=1S/C16H22N4O2/c21-15(19-22)12-6-11-3-5-20(8-13(11)18-7-12)14-2-1-4-16(14)9-17-10-16/h6-7,14,17,22H,1-5,8-10H2,(H,19,21)/t14-/m0/s1. The minimum Gasteiger partial charge on any atom is -0.315 e. The molecule has 1 aromatic heterocycles. The fraction of sp³-hybridized carbons (Fsp3) is 0.625. The predicted octanol–water partition coefficient (Wildman–Crippen LogP) is 0.701. The van der Waals surface area contributed by atoms with Crippen molar-refractivity contribution in [1.29, 1.82) is 0 Å². The summed E-state index contributed by atoms with van der Waals surface area (Å²) in [4.78, 5) is 18.6. The summed E-state index contributed by atoms with van der Waals surface area (Å²) in [6.45, 7) is 4.22. The van der Waals surface area contributed by atoms with Crippen LogP contribution in [0, 0.1) is 5.41 Å². The molecule has 1 atom stereocenters. The van der Waals surface area contributed by atoms with Gasteiger partial charge in [-0.25, -0.2) is 5.48 Å². The minimum atomic E-state index is -0.493. The molecule has 2 fully saturated rings. The Balaban J connectivity index is 1.53. The Kier molecular flexibility index (Phi) is 3.40. The summed E-state index contributed by atoms with van der Waals surface area (Å²) in [5.41, 5.74) is 4.81. The third-order valence-electron chi connectivity index (χ3n) is 5.70. The van der Waals surface area contributed by atoms with Gasteiger partial charge in [0.15, 0.2) is 0 Å². The van der Waals surface area contributed by atoms with Crippen molar-refractivity contribution in [3.8, 4) is 0 Å². The van der Waals surface area contributed by atoms with E-state index in [-0.39, 0.29) is 0 Å². The van der Waals surface area contributed by atoms with Gasteiger partial charge in [0.2, 0.25) is 0 Å². The molecule has 0 aromatic carbocycles. The van der Waals surface area contributed by atoms with Crippen LogP contribution in [0.2, 0.25) is 0 Å².